The van der Waals surface area contributed by atoms with Gasteiger partial charge in [0.15, 0.2) is 11.3 Å². The first kappa shape index (κ1) is 13.5. The summed E-state index contributed by atoms with van der Waals surface area (Å²) in [5, 5.41) is 10.1. The number of pyridine rings is 2. The summed E-state index contributed by atoms with van der Waals surface area (Å²) in [6, 6.07) is 1.64. The number of aromatic nitrogens is 2. The lowest BCUT2D eigenvalue weighted by molar-refractivity contribution is 0.0520. The number of nitrogens with zero attached hydrogens (tertiary/aromatic N) is 2. The second-order valence-electron chi connectivity index (χ2n) is 3.83. The van der Waals surface area contributed by atoms with Gasteiger partial charge in [-0.3, -0.25) is 4.79 Å². The molecule has 2 aromatic rings. The van der Waals surface area contributed by atoms with E-state index >= 15 is 0 Å². The number of fused-ring (bicyclic) bond motifs is 1. The van der Waals surface area contributed by atoms with Gasteiger partial charge in [0.25, 0.3) is 5.56 Å². The Balaban J connectivity index is 2.85. The molecule has 0 aromatic carbocycles. The van der Waals surface area contributed by atoms with Crippen LogP contribution in [0, 0.1) is 0 Å². The normalized spacial score (nSPS) is 10.7. The van der Waals surface area contributed by atoms with Gasteiger partial charge in [-0.2, -0.15) is 0 Å². The first-order valence-corrected chi connectivity index (χ1v) is 6.31. The molecule has 1 N–H and O–H groups in total. The summed E-state index contributed by atoms with van der Waals surface area (Å²) >= 11 is 3.24. The molecule has 0 fully saturated rings. The molecule has 0 amide bonds. The molecule has 0 radical (unpaired) electrons. The van der Waals surface area contributed by atoms with Crippen LogP contribution in [-0.4, -0.2) is 27.2 Å². The highest BCUT2D eigenvalue weighted by Gasteiger charge is 2.22. The average Bonchev–Trinajstić information content (AvgIpc) is 2.36. The predicted octanol–water partition coefficient (Wildman–Crippen LogP) is 1.58. The molecule has 2 heterocycles. The monoisotopic (exact) mass is 326 g/mol. The minimum absolute atomic E-state index is 0.118. The van der Waals surface area contributed by atoms with E-state index in [0.29, 0.717) is 9.99 Å². The van der Waals surface area contributed by atoms with Gasteiger partial charge in [-0.25, -0.2) is 9.78 Å². The summed E-state index contributed by atoms with van der Waals surface area (Å²) in [6.45, 7) is 1.74. The minimum atomic E-state index is -0.854. The van der Waals surface area contributed by atoms with E-state index in [1.807, 2.05) is 0 Å². The molecule has 19 heavy (non-hydrogen) atoms. The smallest absolute Gasteiger partial charge is 0.347 e. The lowest BCUT2D eigenvalue weighted by atomic mass is 10.2. The molecular weight excluding hydrogens is 316 g/mol. The van der Waals surface area contributed by atoms with Gasteiger partial charge < -0.3 is 14.4 Å². The zero-order valence-electron chi connectivity index (χ0n) is 10.3. The number of hydrogen-bond donors (Lipinski definition) is 1. The molecule has 0 aliphatic heterocycles. The molecule has 100 valence electrons. The number of carbonyl (C=O) groups excluding carboxylic acids is 1. The Morgan fingerprint density at radius 2 is 2.26 bits per heavy atom. The number of hydrogen-bond acceptors (Lipinski definition) is 5. The lowest BCUT2D eigenvalue weighted by Crippen LogP contribution is -2.26. The third-order valence-electron chi connectivity index (χ3n) is 2.65. The highest BCUT2D eigenvalue weighted by molar-refractivity contribution is 9.10. The molecule has 0 atom stereocenters. The standard InChI is InChI=1S/C12H11BrN2O4/c1-3-19-12(18)8-10(16)9-7(15(2)11(8)17)4-6(13)5-14-9/h4-5,16H,3H2,1-2H3. The van der Waals surface area contributed by atoms with Gasteiger partial charge in [-0.1, -0.05) is 0 Å². The van der Waals surface area contributed by atoms with Crippen LogP contribution in [0.2, 0.25) is 0 Å². The maximum absolute atomic E-state index is 12.1. The quantitative estimate of drug-likeness (QED) is 0.847. The Hall–Kier alpha value is -1.89. The molecule has 7 heteroatoms. The first-order valence-electron chi connectivity index (χ1n) is 5.51. The van der Waals surface area contributed by atoms with E-state index in [1.54, 1.807) is 13.0 Å². The molecule has 2 rings (SSSR count). The van der Waals surface area contributed by atoms with Gasteiger partial charge in [0.1, 0.15) is 5.52 Å². The summed E-state index contributed by atoms with van der Waals surface area (Å²) < 4.78 is 6.68. The molecule has 0 spiro atoms. The molecule has 0 aliphatic rings. The number of rotatable bonds is 2. The van der Waals surface area contributed by atoms with Crippen molar-refractivity contribution < 1.29 is 14.6 Å². The Labute approximate surface area is 116 Å². The van der Waals surface area contributed by atoms with Gasteiger partial charge in [0, 0.05) is 17.7 Å². The van der Waals surface area contributed by atoms with Gasteiger partial charge in [0.2, 0.25) is 0 Å². The van der Waals surface area contributed by atoms with E-state index in [0.717, 1.165) is 0 Å². The summed E-state index contributed by atoms with van der Waals surface area (Å²) in [4.78, 5) is 27.8. The van der Waals surface area contributed by atoms with Crippen LogP contribution in [0.5, 0.6) is 5.75 Å². The fraction of sp³-hybridized carbons (Fsp3) is 0.250. The maximum atomic E-state index is 12.1. The number of esters is 1. The third kappa shape index (κ3) is 2.21. The second-order valence-corrected chi connectivity index (χ2v) is 4.75. The van der Waals surface area contributed by atoms with Crippen molar-refractivity contribution in [3.05, 3.63) is 32.7 Å². The number of halogens is 1. The molecule has 0 bridgehead atoms. The fourth-order valence-corrected chi connectivity index (χ4v) is 2.07. The van der Waals surface area contributed by atoms with E-state index in [1.165, 1.54) is 17.8 Å². The number of aromatic hydroxyl groups is 1. The summed E-state index contributed by atoms with van der Waals surface area (Å²) in [6.07, 6.45) is 1.47. The summed E-state index contributed by atoms with van der Waals surface area (Å²) in [5.41, 5.74) is -0.423. The van der Waals surface area contributed by atoms with Crippen LogP contribution in [0.1, 0.15) is 17.3 Å². The van der Waals surface area contributed by atoms with E-state index in [9.17, 15) is 14.7 Å². The molecule has 2 aromatic heterocycles. The molecule has 0 saturated carbocycles. The van der Waals surface area contributed by atoms with Crippen molar-refractivity contribution >= 4 is 32.9 Å². The second kappa shape index (κ2) is 5.00. The van der Waals surface area contributed by atoms with Crippen LogP contribution in [0.25, 0.3) is 11.0 Å². The van der Waals surface area contributed by atoms with E-state index in [4.69, 9.17) is 4.74 Å². The fourth-order valence-electron chi connectivity index (χ4n) is 1.75. The van der Waals surface area contributed by atoms with Crippen molar-refractivity contribution in [1.82, 2.24) is 9.55 Å². The largest absolute Gasteiger partial charge is 0.505 e. The van der Waals surface area contributed by atoms with Crippen LogP contribution in [0.4, 0.5) is 0 Å². The Morgan fingerprint density at radius 1 is 1.58 bits per heavy atom. The van der Waals surface area contributed by atoms with Crippen molar-refractivity contribution in [3.63, 3.8) is 0 Å². The summed E-state index contributed by atoms with van der Waals surface area (Å²) in [7, 11) is 1.50. The van der Waals surface area contributed by atoms with Crippen LogP contribution in [-0.2, 0) is 11.8 Å². The zero-order chi connectivity index (χ0) is 14.2. The van der Waals surface area contributed by atoms with Crippen LogP contribution in [0.3, 0.4) is 0 Å². The Kier molecular flexibility index (Phi) is 3.57. The number of carbonyl (C=O) groups is 1. The average molecular weight is 327 g/mol. The van der Waals surface area contributed by atoms with Gasteiger partial charge in [-0.05, 0) is 28.9 Å². The highest BCUT2D eigenvalue weighted by Crippen LogP contribution is 2.26. The summed E-state index contributed by atoms with van der Waals surface area (Å²) in [5.74, 6) is -1.31. The van der Waals surface area contributed by atoms with Gasteiger partial charge in [0.05, 0.1) is 12.1 Å². The zero-order valence-corrected chi connectivity index (χ0v) is 11.9. The molecule has 0 saturated heterocycles. The highest BCUT2D eigenvalue weighted by atomic mass is 79.9. The molecule has 6 nitrogen and oxygen atoms in total. The van der Waals surface area contributed by atoms with E-state index in [2.05, 4.69) is 20.9 Å². The topological polar surface area (TPSA) is 81.4 Å². The Bertz CT molecular complexity index is 724. The third-order valence-corrected chi connectivity index (χ3v) is 3.09. The maximum Gasteiger partial charge on any atom is 0.347 e. The van der Waals surface area contributed by atoms with Crippen LogP contribution in [0.15, 0.2) is 21.5 Å². The van der Waals surface area contributed by atoms with Crippen molar-refractivity contribution in [3.8, 4) is 5.75 Å². The number of ether oxygens (including phenoxy) is 1. The van der Waals surface area contributed by atoms with Crippen LogP contribution < -0.4 is 5.56 Å². The van der Waals surface area contributed by atoms with Gasteiger partial charge in [-0.15, -0.1) is 0 Å². The van der Waals surface area contributed by atoms with E-state index in [-0.39, 0.29) is 12.1 Å². The van der Waals surface area contributed by atoms with E-state index < -0.39 is 22.8 Å². The minimum Gasteiger partial charge on any atom is -0.505 e. The first-order chi connectivity index (χ1) is 8.97. The lowest BCUT2D eigenvalue weighted by Gasteiger charge is -2.10. The molecule has 0 unspecified atom stereocenters. The van der Waals surface area contributed by atoms with Crippen molar-refractivity contribution in [2.24, 2.45) is 7.05 Å². The van der Waals surface area contributed by atoms with Crippen LogP contribution >= 0.6 is 15.9 Å². The predicted molar refractivity (Wildman–Crippen MR) is 72.3 cm³/mol. The Morgan fingerprint density at radius 3 is 2.89 bits per heavy atom. The SMILES string of the molecule is CCOC(=O)c1c(O)c2ncc(Br)cc2n(C)c1=O. The van der Waals surface area contributed by atoms with Crippen molar-refractivity contribution in [2.45, 2.75) is 6.92 Å². The van der Waals surface area contributed by atoms with Crippen molar-refractivity contribution in [1.29, 1.82) is 0 Å². The van der Waals surface area contributed by atoms with Crippen molar-refractivity contribution in [2.75, 3.05) is 6.61 Å². The molecule has 0 aliphatic carbocycles. The van der Waals surface area contributed by atoms with Gasteiger partial charge >= 0.3 is 5.97 Å². The number of aryl methyl sites for hydroxylation is 1. The molecular formula is C12H11BrN2O4.